The molecule has 5 nitrogen and oxygen atoms in total. The van der Waals surface area contributed by atoms with Crippen molar-refractivity contribution in [2.24, 2.45) is 0 Å². The van der Waals surface area contributed by atoms with E-state index in [1.807, 2.05) is 12.1 Å². The fraction of sp³-hybridized carbons (Fsp3) is 0.333. The van der Waals surface area contributed by atoms with E-state index in [9.17, 15) is 15.0 Å². The van der Waals surface area contributed by atoms with E-state index in [0.29, 0.717) is 17.7 Å². The number of aliphatic hydroxyl groups excluding tert-OH is 2. The molecule has 0 bridgehead atoms. The van der Waals surface area contributed by atoms with E-state index in [1.165, 1.54) is 6.92 Å². The summed E-state index contributed by atoms with van der Waals surface area (Å²) in [6.45, 7) is 1.49. The van der Waals surface area contributed by atoms with Gasteiger partial charge in [0.2, 0.25) is 0 Å². The van der Waals surface area contributed by atoms with Crippen molar-refractivity contribution < 1.29 is 15.0 Å². The Hall–Kier alpha value is -1.63. The van der Waals surface area contributed by atoms with Crippen LogP contribution in [0.2, 0.25) is 0 Å². The number of nitrogens with zero attached hydrogens (tertiary/aromatic N) is 1. The second kappa shape index (κ2) is 7.40. The number of H-pyrrole nitrogens is 1. The van der Waals surface area contributed by atoms with E-state index in [2.05, 4.69) is 9.97 Å². The molecule has 6 heteroatoms. The van der Waals surface area contributed by atoms with Crippen LogP contribution in [0.1, 0.15) is 25.0 Å². The van der Waals surface area contributed by atoms with E-state index in [4.69, 9.17) is 0 Å². The van der Waals surface area contributed by atoms with Crippen LogP contribution in [0.4, 0.5) is 0 Å². The molecule has 0 aliphatic rings. The second-order valence-corrected chi connectivity index (χ2v) is 6.00. The number of aromatic nitrogens is 2. The van der Waals surface area contributed by atoms with Gasteiger partial charge >= 0.3 is 0 Å². The van der Waals surface area contributed by atoms with Crippen LogP contribution in [-0.4, -0.2) is 37.2 Å². The summed E-state index contributed by atoms with van der Waals surface area (Å²) in [4.78, 5) is 17.8. The fourth-order valence-electron chi connectivity index (χ4n) is 1.98. The van der Waals surface area contributed by atoms with Gasteiger partial charge in [0.1, 0.15) is 6.10 Å². The van der Waals surface area contributed by atoms with Gasteiger partial charge in [-0.05, 0) is 17.5 Å². The highest BCUT2D eigenvalue weighted by atomic mass is 32.2. The molecule has 3 N–H and O–H groups in total. The van der Waals surface area contributed by atoms with Crippen LogP contribution in [0, 0.1) is 0 Å². The number of carbonyl (C=O) groups is 1. The molecule has 0 spiro atoms. The predicted molar refractivity (Wildman–Crippen MR) is 82.7 cm³/mol. The Kier molecular flexibility index (Phi) is 5.55. The maximum Gasteiger partial charge on any atom is 0.185 e. The molecule has 2 unspecified atom stereocenters. The monoisotopic (exact) mass is 306 g/mol. The molecule has 21 heavy (non-hydrogen) atoms. The molecule has 1 heterocycles. The van der Waals surface area contributed by atoms with Crippen LogP contribution in [0.5, 0.6) is 0 Å². The molecule has 0 aliphatic heterocycles. The molecule has 2 aromatic rings. The Labute approximate surface area is 127 Å². The minimum Gasteiger partial charge on any atom is -0.390 e. The lowest BCUT2D eigenvalue weighted by Gasteiger charge is -2.18. The normalized spacial score (nSPS) is 13.9. The summed E-state index contributed by atoms with van der Waals surface area (Å²) in [6.07, 6.45) is 1.87. The third-order valence-corrected chi connectivity index (χ3v) is 3.99. The molecule has 112 valence electrons. The average Bonchev–Trinajstić information content (AvgIpc) is 3.00. The zero-order valence-electron chi connectivity index (χ0n) is 11.7. The molecular formula is C15H18N2O3S. The molecule has 1 aromatic heterocycles. The minimum atomic E-state index is -0.951. The SMILES string of the molecule is CC(=O)SCCC(O)C(O)c1ccc(-c2cnc[nH]2)cc1. The number of aromatic amines is 1. The van der Waals surface area contributed by atoms with Crippen LogP contribution in [0.15, 0.2) is 36.8 Å². The molecule has 0 fully saturated rings. The van der Waals surface area contributed by atoms with Gasteiger partial charge in [-0.15, -0.1) is 0 Å². The summed E-state index contributed by atoms with van der Waals surface area (Å²) >= 11 is 1.15. The summed E-state index contributed by atoms with van der Waals surface area (Å²) in [7, 11) is 0. The third kappa shape index (κ3) is 4.42. The number of rotatable bonds is 6. The molecular weight excluding hydrogens is 288 g/mol. The van der Waals surface area contributed by atoms with E-state index in [1.54, 1.807) is 24.7 Å². The van der Waals surface area contributed by atoms with Gasteiger partial charge in [-0.3, -0.25) is 4.79 Å². The third-order valence-electron chi connectivity index (χ3n) is 3.14. The second-order valence-electron chi connectivity index (χ2n) is 4.73. The zero-order chi connectivity index (χ0) is 15.2. The summed E-state index contributed by atoms with van der Waals surface area (Å²) in [5.74, 6) is 0.500. The highest BCUT2D eigenvalue weighted by molar-refractivity contribution is 8.13. The molecule has 2 rings (SSSR count). The molecule has 1 aromatic carbocycles. The van der Waals surface area contributed by atoms with Crippen molar-refractivity contribution in [2.75, 3.05) is 5.75 Å². The van der Waals surface area contributed by atoms with Gasteiger partial charge in [0.15, 0.2) is 5.12 Å². The van der Waals surface area contributed by atoms with Gasteiger partial charge < -0.3 is 15.2 Å². The Bertz CT molecular complexity index is 569. The lowest BCUT2D eigenvalue weighted by molar-refractivity contribution is -0.109. The summed E-state index contributed by atoms with van der Waals surface area (Å²) in [5.41, 5.74) is 2.51. The van der Waals surface area contributed by atoms with Gasteiger partial charge in [0, 0.05) is 12.7 Å². The van der Waals surface area contributed by atoms with Crippen LogP contribution in [0.25, 0.3) is 11.3 Å². The summed E-state index contributed by atoms with van der Waals surface area (Å²) in [6, 6.07) is 7.29. The van der Waals surface area contributed by atoms with Gasteiger partial charge in [0.05, 0.1) is 24.3 Å². The number of thioether (sulfide) groups is 1. The van der Waals surface area contributed by atoms with Crippen molar-refractivity contribution in [3.63, 3.8) is 0 Å². The van der Waals surface area contributed by atoms with Crippen molar-refractivity contribution in [1.29, 1.82) is 0 Å². The summed E-state index contributed by atoms with van der Waals surface area (Å²) < 4.78 is 0. The van der Waals surface area contributed by atoms with Crippen molar-refractivity contribution in [1.82, 2.24) is 9.97 Å². The maximum absolute atomic E-state index is 10.8. The van der Waals surface area contributed by atoms with Gasteiger partial charge in [-0.1, -0.05) is 36.0 Å². The van der Waals surface area contributed by atoms with E-state index in [0.717, 1.165) is 23.0 Å². The molecule has 0 saturated carbocycles. The van der Waals surface area contributed by atoms with Gasteiger partial charge in [-0.25, -0.2) is 4.98 Å². The Morgan fingerprint density at radius 3 is 2.62 bits per heavy atom. The van der Waals surface area contributed by atoms with Crippen molar-refractivity contribution >= 4 is 16.9 Å². The smallest absolute Gasteiger partial charge is 0.185 e. The number of carbonyl (C=O) groups excluding carboxylic acids is 1. The van der Waals surface area contributed by atoms with Crippen molar-refractivity contribution in [3.05, 3.63) is 42.4 Å². The Balaban J connectivity index is 1.96. The van der Waals surface area contributed by atoms with Crippen LogP contribution in [-0.2, 0) is 4.79 Å². The van der Waals surface area contributed by atoms with Crippen molar-refractivity contribution in [3.8, 4) is 11.3 Å². The first-order valence-corrected chi connectivity index (χ1v) is 7.64. The van der Waals surface area contributed by atoms with Gasteiger partial charge in [-0.2, -0.15) is 0 Å². The number of imidazole rings is 1. The number of hydrogen-bond acceptors (Lipinski definition) is 5. The number of hydrogen-bond donors (Lipinski definition) is 3. The highest BCUT2D eigenvalue weighted by Crippen LogP contribution is 2.23. The van der Waals surface area contributed by atoms with Gasteiger partial charge in [0.25, 0.3) is 0 Å². The van der Waals surface area contributed by atoms with E-state index in [-0.39, 0.29) is 5.12 Å². The maximum atomic E-state index is 10.8. The standard InChI is InChI=1S/C15H18N2O3S/c1-10(18)21-7-6-14(19)15(20)12-4-2-11(3-5-12)13-8-16-9-17-13/h2-5,8-9,14-15,19-20H,6-7H2,1H3,(H,16,17). The Morgan fingerprint density at radius 1 is 1.33 bits per heavy atom. The molecule has 2 atom stereocenters. The lowest BCUT2D eigenvalue weighted by atomic mass is 10.0. The molecule has 0 saturated heterocycles. The van der Waals surface area contributed by atoms with Crippen LogP contribution < -0.4 is 0 Å². The molecule has 0 radical (unpaired) electrons. The van der Waals surface area contributed by atoms with E-state index >= 15 is 0 Å². The number of nitrogens with one attached hydrogen (secondary N) is 1. The fourth-order valence-corrected chi connectivity index (χ4v) is 2.62. The molecule has 0 amide bonds. The first kappa shape index (κ1) is 15.8. The largest absolute Gasteiger partial charge is 0.390 e. The average molecular weight is 306 g/mol. The quantitative estimate of drug-likeness (QED) is 0.761. The Morgan fingerprint density at radius 2 is 2.05 bits per heavy atom. The first-order valence-electron chi connectivity index (χ1n) is 6.66. The minimum absolute atomic E-state index is 0.0144. The highest BCUT2D eigenvalue weighted by Gasteiger charge is 2.18. The zero-order valence-corrected chi connectivity index (χ0v) is 12.5. The van der Waals surface area contributed by atoms with Crippen LogP contribution >= 0.6 is 11.8 Å². The topological polar surface area (TPSA) is 86.2 Å². The van der Waals surface area contributed by atoms with Crippen molar-refractivity contribution in [2.45, 2.75) is 25.6 Å². The number of aliphatic hydroxyl groups is 2. The lowest BCUT2D eigenvalue weighted by Crippen LogP contribution is -2.19. The number of benzene rings is 1. The first-order chi connectivity index (χ1) is 10.1. The predicted octanol–water partition coefficient (Wildman–Crippen LogP) is 2.14. The molecule has 0 aliphatic carbocycles. The summed E-state index contributed by atoms with van der Waals surface area (Å²) in [5, 5.41) is 20.1. The van der Waals surface area contributed by atoms with Crippen LogP contribution in [0.3, 0.4) is 0 Å². The van der Waals surface area contributed by atoms with E-state index < -0.39 is 12.2 Å².